The molecule has 1 amide bonds. The first-order valence-electron chi connectivity index (χ1n) is 7.47. The van der Waals surface area contributed by atoms with E-state index in [2.05, 4.69) is 5.32 Å². The third-order valence-corrected chi connectivity index (χ3v) is 3.96. The number of hydrogen-bond donors (Lipinski definition) is 1. The Labute approximate surface area is 133 Å². The van der Waals surface area contributed by atoms with Crippen LogP contribution in [0, 0.1) is 10.1 Å². The number of amides is 1. The van der Waals surface area contributed by atoms with E-state index in [-0.39, 0.29) is 11.6 Å². The number of para-hydroxylation sites is 2. The van der Waals surface area contributed by atoms with E-state index >= 15 is 0 Å². The molecule has 1 aliphatic rings. The number of nitrogens with zero attached hydrogens (tertiary/aromatic N) is 2. The number of furan rings is 1. The number of benzene rings is 1. The quantitative estimate of drug-likeness (QED) is 0.676. The molecule has 7 nitrogen and oxygen atoms in total. The van der Waals surface area contributed by atoms with Crippen molar-refractivity contribution in [2.24, 2.45) is 0 Å². The van der Waals surface area contributed by atoms with Crippen LogP contribution in [0.25, 0.3) is 0 Å². The molecule has 3 rings (SSSR count). The summed E-state index contributed by atoms with van der Waals surface area (Å²) in [4.78, 5) is 25.0. The van der Waals surface area contributed by atoms with Gasteiger partial charge >= 0.3 is 0 Å². The minimum atomic E-state index is -0.411. The molecule has 1 fully saturated rings. The summed E-state index contributed by atoms with van der Waals surface area (Å²) in [5, 5.41) is 14.0. The van der Waals surface area contributed by atoms with Gasteiger partial charge in [0.2, 0.25) is 5.91 Å². The van der Waals surface area contributed by atoms with Gasteiger partial charge in [-0.05, 0) is 31.0 Å². The van der Waals surface area contributed by atoms with E-state index in [4.69, 9.17) is 4.42 Å². The van der Waals surface area contributed by atoms with Crippen LogP contribution < -0.4 is 10.2 Å². The number of carbonyl (C=O) groups is 1. The molecule has 2 aromatic rings. The van der Waals surface area contributed by atoms with E-state index in [0.29, 0.717) is 31.0 Å². The SMILES string of the molecule is O=C(NCc1ccco1)[C@H]1CCCN1c1ccccc1[N+](=O)[O-]. The maximum Gasteiger partial charge on any atom is 0.292 e. The molecular formula is C16H17N3O4. The Hall–Kier alpha value is -2.83. The lowest BCUT2D eigenvalue weighted by molar-refractivity contribution is -0.384. The largest absolute Gasteiger partial charge is 0.467 e. The Morgan fingerprint density at radius 1 is 1.35 bits per heavy atom. The molecule has 0 saturated carbocycles. The van der Waals surface area contributed by atoms with E-state index in [1.54, 1.807) is 36.6 Å². The van der Waals surface area contributed by atoms with Crippen LogP contribution in [0.4, 0.5) is 11.4 Å². The van der Waals surface area contributed by atoms with Gasteiger partial charge < -0.3 is 14.6 Å². The summed E-state index contributed by atoms with van der Waals surface area (Å²) in [6.45, 7) is 0.941. The standard InChI is InChI=1S/C16H17N3O4/c20-16(17-11-12-5-4-10-23-12)15-8-3-9-18(15)13-6-1-2-7-14(13)19(21)22/h1-2,4-7,10,15H,3,8-9,11H2,(H,17,20)/t15-/m1/s1. The number of anilines is 1. The highest BCUT2D eigenvalue weighted by Crippen LogP contribution is 2.33. The first-order chi connectivity index (χ1) is 11.2. The number of nitrogens with one attached hydrogen (secondary N) is 1. The molecule has 0 aliphatic carbocycles. The highest BCUT2D eigenvalue weighted by molar-refractivity contribution is 5.86. The van der Waals surface area contributed by atoms with Gasteiger partial charge in [0.05, 0.1) is 17.7 Å². The van der Waals surface area contributed by atoms with Crippen molar-refractivity contribution in [1.29, 1.82) is 0 Å². The van der Waals surface area contributed by atoms with E-state index in [1.165, 1.54) is 6.07 Å². The summed E-state index contributed by atoms with van der Waals surface area (Å²) >= 11 is 0. The molecule has 0 bridgehead atoms. The summed E-state index contributed by atoms with van der Waals surface area (Å²) in [6.07, 6.45) is 3.05. The molecule has 0 unspecified atom stereocenters. The molecule has 120 valence electrons. The number of carbonyl (C=O) groups excluding carboxylic acids is 1. The van der Waals surface area contributed by atoms with Crippen molar-refractivity contribution < 1.29 is 14.1 Å². The van der Waals surface area contributed by atoms with Gasteiger partial charge in [-0.1, -0.05) is 12.1 Å². The minimum Gasteiger partial charge on any atom is -0.467 e. The Kier molecular flexibility index (Phi) is 4.27. The van der Waals surface area contributed by atoms with Crippen molar-refractivity contribution >= 4 is 17.3 Å². The van der Waals surface area contributed by atoms with E-state index in [9.17, 15) is 14.9 Å². The van der Waals surface area contributed by atoms with Crippen molar-refractivity contribution in [2.45, 2.75) is 25.4 Å². The van der Waals surface area contributed by atoms with Crippen LogP contribution in [-0.4, -0.2) is 23.4 Å². The zero-order chi connectivity index (χ0) is 16.2. The topological polar surface area (TPSA) is 88.6 Å². The second kappa shape index (κ2) is 6.51. The second-order valence-electron chi connectivity index (χ2n) is 5.39. The molecule has 23 heavy (non-hydrogen) atoms. The Balaban J connectivity index is 1.75. The first kappa shape index (κ1) is 15.1. The summed E-state index contributed by atoms with van der Waals surface area (Å²) in [7, 11) is 0. The first-order valence-corrected chi connectivity index (χ1v) is 7.47. The van der Waals surface area contributed by atoms with Gasteiger partial charge in [-0.25, -0.2) is 0 Å². The molecule has 1 aromatic carbocycles. The summed E-state index contributed by atoms with van der Waals surface area (Å²) in [5.41, 5.74) is 0.520. The van der Waals surface area contributed by atoms with Crippen molar-refractivity contribution in [2.75, 3.05) is 11.4 Å². The van der Waals surface area contributed by atoms with Crippen molar-refractivity contribution in [3.8, 4) is 0 Å². The fourth-order valence-corrected chi connectivity index (χ4v) is 2.89. The maximum absolute atomic E-state index is 12.4. The Morgan fingerprint density at radius 3 is 2.91 bits per heavy atom. The fraction of sp³-hybridized carbons (Fsp3) is 0.312. The predicted molar refractivity (Wildman–Crippen MR) is 84.0 cm³/mol. The molecule has 1 N–H and O–H groups in total. The van der Waals surface area contributed by atoms with Gasteiger partial charge in [0, 0.05) is 12.6 Å². The zero-order valence-electron chi connectivity index (χ0n) is 12.5. The zero-order valence-corrected chi connectivity index (χ0v) is 12.5. The summed E-state index contributed by atoms with van der Waals surface area (Å²) in [5.74, 6) is 0.533. The fourth-order valence-electron chi connectivity index (χ4n) is 2.89. The average Bonchev–Trinajstić information content (AvgIpc) is 3.24. The lowest BCUT2D eigenvalue weighted by atomic mass is 10.1. The lowest BCUT2D eigenvalue weighted by Gasteiger charge is -2.25. The van der Waals surface area contributed by atoms with Crippen LogP contribution in [0.2, 0.25) is 0 Å². The Bertz CT molecular complexity index is 699. The summed E-state index contributed by atoms with van der Waals surface area (Å²) in [6, 6.07) is 9.68. The van der Waals surface area contributed by atoms with Gasteiger partial charge in [0.1, 0.15) is 17.5 Å². The van der Waals surface area contributed by atoms with Crippen molar-refractivity contribution in [1.82, 2.24) is 5.32 Å². The highest BCUT2D eigenvalue weighted by atomic mass is 16.6. The molecule has 1 aromatic heterocycles. The van der Waals surface area contributed by atoms with Gasteiger partial charge in [-0.2, -0.15) is 0 Å². The average molecular weight is 315 g/mol. The van der Waals surface area contributed by atoms with Crippen LogP contribution in [-0.2, 0) is 11.3 Å². The van der Waals surface area contributed by atoms with Crippen LogP contribution >= 0.6 is 0 Å². The molecule has 1 saturated heterocycles. The van der Waals surface area contributed by atoms with E-state index < -0.39 is 11.0 Å². The minimum absolute atomic E-state index is 0.0261. The number of nitro benzene ring substituents is 1. The summed E-state index contributed by atoms with van der Waals surface area (Å²) < 4.78 is 5.19. The smallest absolute Gasteiger partial charge is 0.292 e. The van der Waals surface area contributed by atoms with Crippen LogP contribution in [0.5, 0.6) is 0 Å². The van der Waals surface area contributed by atoms with Gasteiger partial charge in [-0.3, -0.25) is 14.9 Å². The van der Waals surface area contributed by atoms with Crippen LogP contribution in [0.3, 0.4) is 0 Å². The molecular weight excluding hydrogens is 298 g/mol. The lowest BCUT2D eigenvalue weighted by Crippen LogP contribution is -2.43. The van der Waals surface area contributed by atoms with Crippen LogP contribution in [0.1, 0.15) is 18.6 Å². The molecule has 7 heteroatoms. The molecule has 1 atom stereocenters. The van der Waals surface area contributed by atoms with Gasteiger partial charge in [0.25, 0.3) is 5.69 Å². The molecule has 0 radical (unpaired) electrons. The number of hydrogen-bond acceptors (Lipinski definition) is 5. The molecule has 2 heterocycles. The predicted octanol–water partition coefficient (Wildman–Crippen LogP) is 2.47. The number of nitro groups is 1. The van der Waals surface area contributed by atoms with Gasteiger partial charge in [-0.15, -0.1) is 0 Å². The molecule has 1 aliphatic heterocycles. The van der Waals surface area contributed by atoms with E-state index in [1.807, 2.05) is 4.90 Å². The van der Waals surface area contributed by atoms with Crippen molar-refractivity contribution in [3.63, 3.8) is 0 Å². The second-order valence-corrected chi connectivity index (χ2v) is 5.39. The van der Waals surface area contributed by atoms with Crippen molar-refractivity contribution in [3.05, 3.63) is 58.5 Å². The molecule has 0 spiro atoms. The monoisotopic (exact) mass is 315 g/mol. The normalized spacial score (nSPS) is 17.2. The Morgan fingerprint density at radius 2 is 2.17 bits per heavy atom. The third-order valence-electron chi connectivity index (χ3n) is 3.96. The highest BCUT2D eigenvalue weighted by Gasteiger charge is 2.34. The van der Waals surface area contributed by atoms with Crippen LogP contribution in [0.15, 0.2) is 47.1 Å². The third kappa shape index (κ3) is 3.18. The number of rotatable bonds is 5. The van der Waals surface area contributed by atoms with Gasteiger partial charge in [0.15, 0.2) is 0 Å². The maximum atomic E-state index is 12.4. The van der Waals surface area contributed by atoms with E-state index in [0.717, 1.165) is 6.42 Å².